The lowest BCUT2D eigenvalue weighted by molar-refractivity contribution is 0.0680. The summed E-state index contributed by atoms with van der Waals surface area (Å²) in [7, 11) is 1.69. The maximum absolute atomic E-state index is 10.6. The van der Waals surface area contributed by atoms with Crippen LogP contribution in [0.15, 0.2) is 22.7 Å². The molecule has 0 heterocycles. The van der Waals surface area contributed by atoms with Gasteiger partial charge in [-0.15, -0.1) is 0 Å². The Balaban J connectivity index is 2.03. The molecule has 0 saturated heterocycles. The topological polar surface area (TPSA) is 29.5 Å². The van der Waals surface area contributed by atoms with Gasteiger partial charge in [0.05, 0.1) is 13.2 Å². The van der Waals surface area contributed by atoms with Gasteiger partial charge in [0.25, 0.3) is 0 Å². The second-order valence-electron chi connectivity index (χ2n) is 5.93. The van der Waals surface area contributed by atoms with Crippen LogP contribution >= 0.6 is 15.9 Å². The molecule has 1 fully saturated rings. The molecule has 0 bridgehead atoms. The molecule has 1 aromatic carbocycles. The Bertz CT molecular complexity index is 433. The molecule has 3 unspecified atom stereocenters. The van der Waals surface area contributed by atoms with Crippen molar-refractivity contribution in [2.45, 2.75) is 51.6 Å². The first-order valence-electron chi connectivity index (χ1n) is 7.64. The maximum atomic E-state index is 10.6. The zero-order valence-corrected chi connectivity index (χ0v) is 14.0. The van der Waals surface area contributed by atoms with Gasteiger partial charge in [0.1, 0.15) is 5.75 Å². The lowest BCUT2D eigenvalue weighted by atomic mass is 9.76. The quantitative estimate of drug-likeness (QED) is 0.850. The van der Waals surface area contributed by atoms with Crippen molar-refractivity contribution in [2.24, 2.45) is 11.8 Å². The van der Waals surface area contributed by atoms with Crippen LogP contribution in [0.2, 0.25) is 0 Å². The van der Waals surface area contributed by atoms with Gasteiger partial charge in [-0.2, -0.15) is 0 Å². The Morgan fingerprint density at radius 1 is 1.40 bits per heavy atom. The first-order chi connectivity index (χ1) is 9.63. The van der Waals surface area contributed by atoms with Crippen LogP contribution in [0.1, 0.15) is 44.6 Å². The smallest absolute Gasteiger partial charge is 0.122 e. The molecule has 2 nitrogen and oxygen atoms in total. The van der Waals surface area contributed by atoms with E-state index in [9.17, 15) is 5.11 Å². The molecule has 3 heteroatoms. The van der Waals surface area contributed by atoms with E-state index >= 15 is 0 Å². The van der Waals surface area contributed by atoms with Crippen molar-refractivity contribution in [1.29, 1.82) is 0 Å². The molecule has 0 aliphatic heterocycles. The predicted molar refractivity (Wildman–Crippen MR) is 86.1 cm³/mol. The number of hydrogen-bond donors (Lipinski definition) is 1. The van der Waals surface area contributed by atoms with Crippen LogP contribution in [-0.4, -0.2) is 18.3 Å². The van der Waals surface area contributed by atoms with E-state index in [2.05, 4.69) is 28.9 Å². The fourth-order valence-corrected chi connectivity index (χ4v) is 3.76. The summed E-state index contributed by atoms with van der Waals surface area (Å²) in [5, 5.41) is 10.6. The number of ether oxygens (including phenoxy) is 1. The summed E-state index contributed by atoms with van der Waals surface area (Å²) in [4.78, 5) is 0. The molecule has 1 aromatic rings. The highest BCUT2D eigenvalue weighted by Crippen LogP contribution is 2.35. The van der Waals surface area contributed by atoms with E-state index in [1.165, 1.54) is 25.7 Å². The number of methoxy groups -OCH3 is 1. The summed E-state index contributed by atoms with van der Waals surface area (Å²) < 4.78 is 6.44. The van der Waals surface area contributed by atoms with Crippen molar-refractivity contribution in [3.8, 4) is 5.75 Å². The number of rotatable bonds is 5. The molecule has 0 spiro atoms. The molecule has 1 N–H and O–H groups in total. The normalized spacial score (nSPS) is 24.4. The Labute approximate surface area is 130 Å². The van der Waals surface area contributed by atoms with Gasteiger partial charge in [0.15, 0.2) is 0 Å². The highest BCUT2D eigenvalue weighted by atomic mass is 79.9. The molecule has 20 heavy (non-hydrogen) atoms. The van der Waals surface area contributed by atoms with E-state index in [-0.39, 0.29) is 6.10 Å². The molecule has 0 aromatic heterocycles. The third-order valence-corrected chi connectivity index (χ3v) is 5.11. The van der Waals surface area contributed by atoms with Crippen molar-refractivity contribution >= 4 is 15.9 Å². The Kier molecular flexibility index (Phi) is 5.91. The fourth-order valence-electron chi connectivity index (χ4n) is 3.35. The van der Waals surface area contributed by atoms with E-state index in [0.717, 1.165) is 28.1 Å². The molecular formula is C17H25BrO2. The monoisotopic (exact) mass is 340 g/mol. The van der Waals surface area contributed by atoms with Gasteiger partial charge in [-0.3, -0.25) is 0 Å². The Morgan fingerprint density at radius 3 is 2.90 bits per heavy atom. The average molecular weight is 341 g/mol. The minimum Gasteiger partial charge on any atom is -0.496 e. The zero-order chi connectivity index (χ0) is 14.5. The van der Waals surface area contributed by atoms with Crippen molar-refractivity contribution < 1.29 is 9.84 Å². The largest absolute Gasteiger partial charge is 0.496 e. The lowest BCUT2D eigenvalue weighted by Crippen LogP contribution is -2.28. The maximum Gasteiger partial charge on any atom is 0.122 e. The molecule has 3 atom stereocenters. The molecule has 0 amide bonds. The van der Waals surface area contributed by atoms with E-state index in [4.69, 9.17) is 4.74 Å². The summed E-state index contributed by atoms with van der Waals surface area (Å²) in [5.74, 6) is 2.11. The third kappa shape index (κ3) is 3.98. The first kappa shape index (κ1) is 15.8. The Morgan fingerprint density at radius 2 is 2.20 bits per heavy atom. The van der Waals surface area contributed by atoms with Gasteiger partial charge in [0, 0.05) is 10.9 Å². The van der Waals surface area contributed by atoms with Gasteiger partial charge in [-0.25, -0.2) is 0 Å². The van der Waals surface area contributed by atoms with Crippen molar-refractivity contribution in [3.05, 3.63) is 28.2 Å². The molecular weight excluding hydrogens is 316 g/mol. The van der Waals surface area contributed by atoms with Crippen LogP contribution in [0.5, 0.6) is 5.75 Å². The van der Waals surface area contributed by atoms with Crippen LogP contribution in [0.3, 0.4) is 0 Å². The van der Waals surface area contributed by atoms with Gasteiger partial charge in [-0.05, 0) is 48.4 Å². The first-order valence-corrected chi connectivity index (χ1v) is 8.43. The van der Waals surface area contributed by atoms with Crippen LogP contribution in [0.25, 0.3) is 0 Å². The minimum absolute atomic E-state index is 0.257. The molecule has 1 aliphatic rings. The second kappa shape index (κ2) is 7.46. The van der Waals surface area contributed by atoms with Gasteiger partial charge in [-0.1, -0.05) is 42.1 Å². The van der Waals surface area contributed by atoms with Crippen molar-refractivity contribution in [2.75, 3.05) is 7.11 Å². The number of hydrogen-bond acceptors (Lipinski definition) is 2. The molecule has 2 rings (SSSR count). The van der Waals surface area contributed by atoms with Gasteiger partial charge in [0.2, 0.25) is 0 Å². The summed E-state index contributed by atoms with van der Waals surface area (Å²) in [6.07, 6.45) is 6.60. The summed E-state index contributed by atoms with van der Waals surface area (Å²) in [6, 6.07) is 5.99. The van der Waals surface area contributed by atoms with Crippen molar-refractivity contribution in [1.82, 2.24) is 0 Å². The highest BCUT2D eigenvalue weighted by Gasteiger charge is 2.27. The highest BCUT2D eigenvalue weighted by molar-refractivity contribution is 9.10. The summed E-state index contributed by atoms with van der Waals surface area (Å²) in [5.41, 5.74) is 1.09. The van der Waals surface area contributed by atoms with E-state index < -0.39 is 0 Å². The molecule has 112 valence electrons. The lowest BCUT2D eigenvalue weighted by Gasteiger charge is -2.32. The third-order valence-electron chi connectivity index (χ3n) is 4.62. The number of halogens is 1. The predicted octanol–water partition coefficient (Wildman–Crippen LogP) is 4.58. The van der Waals surface area contributed by atoms with Crippen LogP contribution in [0, 0.1) is 11.8 Å². The summed E-state index contributed by atoms with van der Waals surface area (Å²) in [6.45, 7) is 2.26. The number of benzene rings is 1. The SMILES string of the molecule is CCC1CCCC(C(O)Cc2cc(Br)ccc2OC)C1. The van der Waals surface area contributed by atoms with Gasteiger partial charge < -0.3 is 9.84 Å². The van der Waals surface area contributed by atoms with Crippen LogP contribution < -0.4 is 4.74 Å². The van der Waals surface area contributed by atoms with E-state index in [0.29, 0.717) is 12.3 Å². The van der Waals surface area contributed by atoms with Crippen molar-refractivity contribution in [3.63, 3.8) is 0 Å². The number of aliphatic hydroxyl groups excluding tert-OH is 1. The molecule has 1 aliphatic carbocycles. The minimum atomic E-state index is -0.257. The molecule has 1 saturated carbocycles. The zero-order valence-electron chi connectivity index (χ0n) is 12.4. The van der Waals surface area contributed by atoms with E-state index in [1.54, 1.807) is 7.11 Å². The second-order valence-corrected chi connectivity index (χ2v) is 6.84. The van der Waals surface area contributed by atoms with Gasteiger partial charge >= 0.3 is 0 Å². The standard InChI is InChI=1S/C17H25BrO2/c1-3-12-5-4-6-13(9-12)16(19)11-14-10-15(18)7-8-17(14)20-2/h7-8,10,12-13,16,19H,3-6,9,11H2,1-2H3. The summed E-state index contributed by atoms with van der Waals surface area (Å²) >= 11 is 3.50. The Hall–Kier alpha value is -0.540. The molecule has 0 radical (unpaired) electrons. The number of aliphatic hydroxyl groups is 1. The average Bonchev–Trinajstić information content (AvgIpc) is 2.47. The van der Waals surface area contributed by atoms with Crippen LogP contribution in [0.4, 0.5) is 0 Å². The van der Waals surface area contributed by atoms with E-state index in [1.807, 2.05) is 12.1 Å². The van der Waals surface area contributed by atoms with Crippen LogP contribution in [-0.2, 0) is 6.42 Å². The fraction of sp³-hybridized carbons (Fsp3) is 0.647.